The van der Waals surface area contributed by atoms with Crippen LogP contribution in [0.2, 0.25) is 0 Å². The Morgan fingerprint density at radius 2 is 2.00 bits per heavy atom. The third-order valence-corrected chi connectivity index (χ3v) is 4.17. The van der Waals surface area contributed by atoms with Crippen LogP contribution in [0, 0.1) is 12.8 Å². The Hall–Kier alpha value is -2.44. The molecule has 1 amide bonds. The molecule has 0 bridgehead atoms. The van der Waals surface area contributed by atoms with Crippen LogP contribution in [0.5, 0.6) is 5.75 Å². The van der Waals surface area contributed by atoms with Crippen LogP contribution in [0.4, 0.5) is 4.79 Å². The van der Waals surface area contributed by atoms with Gasteiger partial charge in [0.1, 0.15) is 12.4 Å². The molecule has 1 aromatic rings. The second-order valence-corrected chi connectivity index (χ2v) is 6.35. The predicted molar refractivity (Wildman–Crippen MR) is 103 cm³/mol. The second kappa shape index (κ2) is 10.5. The minimum absolute atomic E-state index is 0.0522. The number of hydrogen-bond acceptors (Lipinski definition) is 4. The molecule has 7 heteroatoms. The van der Waals surface area contributed by atoms with E-state index >= 15 is 0 Å². The molecule has 0 aliphatic heterocycles. The number of ether oxygens (including phenoxy) is 2. The van der Waals surface area contributed by atoms with E-state index in [4.69, 9.17) is 9.47 Å². The van der Waals surface area contributed by atoms with Crippen molar-refractivity contribution in [1.82, 2.24) is 16.0 Å². The number of alkyl carbamates (subject to hydrolysis) is 1. The number of carbonyl (C=O) groups is 1. The first-order chi connectivity index (χ1) is 12.6. The Labute approximate surface area is 155 Å². The van der Waals surface area contributed by atoms with Gasteiger partial charge in [-0.2, -0.15) is 0 Å². The van der Waals surface area contributed by atoms with Crippen molar-refractivity contribution >= 4 is 12.1 Å². The van der Waals surface area contributed by atoms with Crippen molar-refractivity contribution in [3.8, 4) is 5.75 Å². The fraction of sp³-hybridized carbons (Fsp3) is 0.579. The highest BCUT2D eigenvalue weighted by Crippen LogP contribution is 2.32. The van der Waals surface area contributed by atoms with Crippen LogP contribution in [0.25, 0.3) is 0 Å². The molecule has 2 rings (SSSR count). The zero-order valence-electron chi connectivity index (χ0n) is 15.9. The van der Waals surface area contributed by atoms with Gasteiger partial charge in [0.05, 0.1) is 19.2 Å². The lowest BCUT2D eigenvalue weighted by atomic mass is 10.2. The number of carbonyl (C=O) groups excluding carboxylic acids is 1. The van der Waals surface area contributed by atoms with E-state index < -0.39 is 0 Å². The summed E-state index contributed by atoms with van der Waals surface area (Å²) in [7, 11) is 1.72. The summed E-state index contributed by atoms with van der Waals surface area (Å²) >= 11 is 0. The smallest absolute Gasteiger partial charge is 0.407 e. The molecule has 0 spiro atoms. The lowest BCUT2D eigenvalue weighted by molar-refractivity contribution is 0.146. The van der Waals surface area contributed by atoms with Crippen molar-refractivity contribution in [1.29, 1.82) is 0 Å². The number of amides is 1. The number of aliphatic imine (C=N–C) groups is 1. The van der Waals surface area contributed by atoms with Gasteiger partial charge in [0.15, 0.2) is 5.96 Å². The van der Waals surface area contributed by atoms with E-state index in [-0.39, 0.29) is 12.1 Å². The summed E-state index contributed by atoms with van der Waals surface area (Å²) in [6.45, 7) is 6.01. The van der Waals surface area contributed by atoms with Crippen molar-refractivity contribution in [3.05, 3.63) is 29.8 Å². The number of nitrogens with zero attached hydrogens (tertiary/aromatic N) is 1. The highest BCUT2D eigenvalue weighted by molar-refractivity contribution is 5.79. The van der Waals surface area contributed by atoms with Gasteiger partial charge in [0.25, 0.3) is 0 Å². The number of benzene rings is 1. The van der Waals surface area contributed by atoms with E-state index in [1.165, 1.54) is 5.56 Å². The Kier molecular flexibility index (Phi) is 8.05. The van der Waals surface area contributed by atoms with Crippen molar-refractivity contribution in [3.63, 3.8) is 0 Å². The van der Waals surface area contributed by atoms with Gasteiger partial charge >= 0.3 is 6.09 Å². The van der Waals surface area contributed by atoms with E-state index in [1.807, 2.05) is 31.2 Å². The molecule has 3 N–H and O–H groups in total. The van der Waals surface area contributed by atoms with E-state index in [2.05, 4.69) is 20.9 Å². The van der Waals surface area contributed by atoms with Crippen LogP contribution >= 0.6 is 0 Å². The molecule has 1 aliphatic carbocycles. The van der Waals surface area contributed by atoms with Crippen LogP contribution in [0.15, 0.2) is 29.3 Å². The van der Waals surface area contributed by atoms with Crippen LogP contribution < -0.4 is 20.7 Å². The highest BCUT2D eigenvalue weighted by atomic mass is 16.5. The average molecular weight is 362 g/mol. The molecule has 7 nitrogen and oxygen atoms in total. The molecule has 1 atom stereocenters. The van der Waals surface area contributed by atoms with Crippen LogP contribution in [0.3, 0.4) is 0 Å². The zero-order chi connectivity index (χ0) is 18.8. The first-order valence-corrected chi connectivity index (χ1v) is 9.19. The maximum Gasteiger partial charge on any atom is 0.407 e. The summed E-state index contributed by atoms with van der Waals surface area (Å²) in [5, 5.41) is 9.39. The van der Waals surface area contributed by atoms with Gasteiger partial charge < -0.3 is 25.4 Å². The number of hydrogen-bond donors (Lipinski definition) is 3. The first-order valence-electron chi connectivity index (χ1n) is 9.19. The third-order valence-electron chi connectivity index (χ3n) is 4.17. The normalized spacial score (nSPS) is 15.1. The molecule has 0 heterocycles. The topological polar surface area (TPSA) is 84.0 Å². The van der Waals surface area contributed by atoms with Crippen molar-refractivity contribution < 1.29 is 14.3 Å². The maximum atomic E-state index is 11.6. The fourth-order valence-electron chi connectivity index (χ4n) is 2.56. The lowest BCUT2D eigenvalue weighted by Gasteiger charge is -2.20. The molecule has 0 radical (unpaired) electrons. The summed E-state index contributed by atoms with van der Waals surface area (Å²) in [4.78, 5) is 15.8. The third kappa shape index (κ3) is 7.21. The number of rotatable bonds is 9. The Morgan fingerprint density at radius 3 is 2.62 bits per heavy atom. The second-order valence-electron chi connectivity index (χ2n) is 6.35. The quantitative estimate of drug-likeness (QED) is 0.356. The molecular weight excluding hydrogens is 332 g/mol. The minimum Gasteiger partial charge on any atom is -0.492 e. The molecule has 1 aliphatic rings. The van der Waals surface area contributed by atoms with Gasteiger partial charge in [-0.25, -0.2) is 4.79 Å². The van der Waals surface area contributed by atoms with Gasteiger partial charge in [-0.15, -0.1) is 0 Å². The van der Waals surface area contributed by atoms with E-state index in [1.54, 1.807) is 14.0 Å². The summed E-state index contributed by atoms with van der Waals surface area (Å²) < 4.78 is 10.7. The molecule has 1 aromatic carbocycles. The monoisotopic (exact) mass is 362 g/mol. The van der Waals surface area contributed by atoms with Crippen molar-refractivity contribution in [2.24, 2.45) is 10.9 Å². The van der Waals surface area contributed by atoms with Crippen LogP contribution in [-0.2, 0) is 4.74 Å². The van der Waals surface area contributed by atoms with Gasteiger partial charge in [-0.3, -0.25) is 4.99 Å². The first kappa shape index (κ1) is 19.9. The van der Waals surface area contributed by atoms with Gasteiger partial charge in [-0.1, -0.05) is 17.7 Å². The number of guanidine groups is 1. The minimum atomic E-state index is -0.361. The summed E-state index contributed by atoms with van der Waals surface area (Å²) in [5.41, 5.74) is 1.21. The SMILES string of the molecule is CCOC(=O)NC(CNC(=NC)NCCOc1ccc(C)cc1)C1CC1. The van der Waals surface area contributed by atoms with Crippen molar-refractivity contribution in [2.45, 2.75) is 32.7 Å². The lowest BCUT2D eigenvalue weighted by Crippen LogP contribution is -2.48. The van der Waals surface area contributed by atoms with Gasteiger partial charge in [0, 0.05) is 13.6 Å². The van der Waals surface area contributed by atoms with Crippen molar-refractivity contribution in [2.75, 3.05) is 33.4 Å². The predicted octanol–water partition coefficient (Wildman–Crippen LogP) is 2.06. The van der Waals surface area contributed by atoms with Crippen LogP contribution in [0.1, 0.15) is 25.3 Å². The highest BCUT2D eigenvalue weighted by Gasteiger charge is 2.32. The zero-order valence-corrected chi connectivity index (χ0v) is 15.9. The molecule has 144 valence electrons. The Morgan fingerprint density at radius 1 is 1.27 bits per heavy atom. The van der Waals surface area contributed by atoms with Gasteiger partial charge in [-0.05, 0) is 44.7 Å². The number of nitrogens with one attached hydrogen (secondary N) is 3. The maximum absolute atomic E-state index is 11.6. The van der Waals surface area contributed by atoms with E-state index in [0.717, 1.165) is 18.6 Å². The summed E-state index contributed by atoms with van der Waals surface area (Å²) in [5.74, 6) is 2.05. The molecular formula is C19H30N4O3. The Balaban J connectivity index is 1.67. The number of aryl methyl sites for hydroxylation is 1. The summed E-state index contributed by atoms with van der Waals surface area (Å²) in [6, 6.07) is 8.03. The molecule has 1 saturated carbocycles. The molecule has 26 heavy (non-hydrogen) atoms. The fourth-order valence-corrected chi connectivity index (χ4v) is 2.56. The average Bonchev–Trinajstić information content (AvgIpc) is 3.47. The molecule has 0 saturated heterocycles. The van der Waals surface area contributed by atoms with Crippen LogP contribution in [-0.4, -0.2) is 51.4 Å². The van der Waals surface area contributed by atoms with Gasteiger partial charge in [0.2, 0.25) is 0 Å². The van der Waals surface area contributed by atoms with E-state index in [0.29, 0.717) is 38.2 Å². The molecule has 1 fully saturated rings. The van der Waals surface area contributed by atoms with E-state index in [9.17, 15) is 4.79 Å². The Bertz CT molecular complexity index is 585. The largest absolute Gasteiger partial charge is 0.492 e. The standard InChI is InChI=1S/C19H30N4O3/c1-4-25-19(24)23-17(15-7-8-15)13-22-18(20-3)21-11-12-26-16-9-5-14(2)6-10-16/h5-6,9-10,15,17H,4,7-8,11-13H2,1-3H3,(H,23,24)(H2,20,21,22). The summed E-state index contributed by atoms with van der Waals surface area (Å²) in [6.07, 6.45) is 1.91. The molecule has 1 unspecified atom stereocenters. The molecule has 0 aromatic heterocycles.